The summed E-state index contributed by atoms with van der Waals surface area (Å²) in [6.07, 6.45) is 1.66. The van der Waals surface area contributed by atoms with Gasteiger partial charge < -0.3 is 15.0 Å². The molecule has 2 rings (SSSR count). The summed E-state index contributed by atoms with van der Waals surface area (Å²) in [5.74, 6) is -0.350. The second-order valence-electron chi connectivity index (χ2n) is 6.49. The van der Waals surface area contributed by atoms with E-state index in [1.807, 2.05) is 30.3 Å². The number of nitrogens with zero attached hydrogens (tertiary/aromatic N) is 2. The highest BCUT2D eigenvalue weighted by atomic mass is 32.2. The van der Waals surface area contributed by atoms with Gasteiger partial charge in [0.05, 0.1) is 19.4 Å². The Morgan fingerprint density at radius 2 is 1.85 bits per heavy atom. The van der Waals surface area contributed by atoms with E-state index in [2.05, 4.69) is 5.32 Å². The predicted octanol–water partition coefficient (Wildman–Crippen LogP) is 1.19. The van der Waals surface area contributed by atoms with Crippen LogP contribution < -0.4 is 5.32 Å². The van der Waals surface area contributed by atoms with Crippen LogP contribution >= 0.6 is 0 Å². The fourth-order valence-corrected chi connectivity index (χ4v) is 4.17. The Morgan fingerprint density at radius 3 is 2.41 bits per heavy atom. The van der Waals surface area contributed by atoms with Crippen LogP contribution in [0.25, 0.3) is 0 Å². The van der Waals surface area contributed by atoms with Crippen LogP contribution in [0.5, 0.6) is 0 Å². The molecule has 2 amide bonds. The van der Waals surface area contributed by atoms with E-state index in [-0.39, 0.29) is 24.6 Å². The van der Waals surface area contributed by atoms with E-state index in [4.69, 9.17) is 4.74 Å². The first kappa shape index (κ1) is 21.2. The summed E-state index contributed by atoms with van der Waals surface area (Å²) in [4.78, 5) is 25.6. The number of carbonyl (C=O) groups excluding carboxylic acids is 2. The molecule has 0 unspecified atom stereocenters. The Bertz CT molecular complexity index is 731. The van der Waals surface area contributed by atoms with Gasteiger partial charge in [-0.2, -0.15) is 4.31 Å². The fraction of sp³-hybridized carbons (Fsp3) is 0.556. The van der Waals surface area contributed by atoms with E-state index in [1.165, 1.54) is 4.31 Å². The maximum Gasteiger partial charge on any atom is 0.409 e. The van der Waals surface area contributed by atoms with Gasteiger partial charge in [-0.15, -0.1) is 0 Å². The van der Waals surface area contributed by atoms with E-state index < -0.39 is 10.0 Å². The largest absolute Gasteiger partial charge is 0.450 e. The molecule has 0 radical (unpaired) electrons. The molecule has 0 aromatic heterocycles. The molecule has 0 aliphatic carbocycles. The van der Waals surface area contributed by atoms with Gasteiger partial charge in [-0.25, -0.2) is 13.2 Å². The minimum atomic E-state index is -3.55. The summed E-state index contributed by atoms with van der Waals surface area (Å²) in [6, 6.07) is 9.11. The number of carbonyl (C=O) groups is 2. The van der Waals surface area contributed by atoms with Crippen LogP contribution in [0, 0.1) is 0 Å². The molecule has 1 saturated heterocycles. The first-order valence-electron chi connectivity index (χ1n) is 9.00. The van der Waals surface area contributed by atoms with Gasteiger partial charge in [0.25, 0.3) is 0 Å². The third-order valence-electron chi connectivity index (χ3n) is 4.46. The zero-order valence-electron chi connectivity index (χ0n) is 15.8. The number of nitrogens with one attached hydrogen (secondary N) is 1. The average molecular weight is 397 g/mol. The molecular weight excluding hydrogens is 370 g/mol. The lowest BCUT2D eigenvalue weighted by Crippen LogP contribution is -2.51. The lowest BCUT2D eigenvalue weighted by atomic mass is 10.1. The molecule has 0 atom stereocenters. The van der Waals surface area contributed by atoms with Crippen LogP contribution in [-0.4, -0.2) is 68.2 Å². The Hall–Kier alpha value is -2.13. The molecule has 150 valence electrons. The van der Waals surface area contributed by atoms with E-state index in [0.717, 1.165) is 11.8 Å². The number of amides is 2. The summed E-state index contributed by atoms with van der Waals surface area (Å²) < 4.78 is 30.6. The zero-order chi connectivity index (χ0) is 19.9. The van der Waals surface area contributed by atoms with Gasteiger partial charge in [-0.05, 0) is 25.3 Å². The van der Waals surface area contributed by atoms with Crippen molar-refractivity contribution in [3.63, 3.8) is 0 Å². The van der Waals surface area contributed by atoms with Gasteiger partial charge in [0.15, 0.2) is 0 Å². The number of benzene rings is 1. The van der Waals surface area contributed by atoms with Gasteiger partial charge >= 0.3 is 6.09 Å². The highest BCUT2D eigenvalue weighted by molar-refractivity contribution is 7.88. The molecule has 27 heavy (non-hydrogen) atoms. The zero-order valence-corrected chi connectivity index (χ0v) is 16.6. The van der Waals surface area contributed by atoms with Gasteiger partial charge in [0.2, 0.25) is 15.9 Å². The normalized spacial score (nSPS) is 15.6. The maximum atomic E-state index is 12.3. The van der Waals surface area contributed by atoms with Crippen molar-refractivity contribution >= 4 is 22.0 Å². The Labute approximate surface area is 160 Å². The molecule has 0 saturated carbocycles. The monoisotopic (exact) mass is 397 g/mol. The second-order valence-corrected chi connectivity index (χ2v) is 8.42. The summed E-state index contributed by atoms with van der Waals surface area (Å²) >= 11 is 0. The molecule has 9 heteroatoms. The van der Waals surface area contributed by atoms with Crippen LogP contribution in [-0.2, 0) is 26.1 Å². The summed E-state index contributed by atoms with van der Waals surface area (Å²) in [7, 11) is -3.55. The fourth-order valence-electron chi connectivity index (χ4n) is 3.06. The third-order valence-corrected chi connectivity index (χ3v) is 5.73. The van der Waals surface area contributed by atoms with Crippen molar-refractivity contribution in [1.82, 2.24) is 14.5 Å². The van der Waals surface area contributed by atoms with E-state index >= 15 is 0 Å². The molecule has 1 aromatic carbocycles. The van der Waals surface area contributed by atoms with Crippen molar-refractivity contribution in [3.8, 4) is 0 Å². The molecule has 1 aliphatic rings. The molecule has 1 aromatic rings. The first-order valence-corrected chi connectivity index (χ1v) is 10.8. The molecule has 1 fully saturated rings. The van der Waals surface area contributed by atoms with Crippen molar-refractivity contribution in [2.75, 3.05) is 32.5 Å². The number of piperidine rings is 1. The van der Waals surface area contributed by atoms with E-state index in [1.54, 1.807) is 11.8 Å². The van der Waals surface area contributed by atoms with Crippen molar-refractivity contribution in [2.45, 2.75) is 32.4 Å². The van der Waals surface area contributed by atoms with E-state index in [9.17, 15) is 18.0 Å². The van der Waals surface area contributed by atoms with Crippen LogP contribution in [0.1, 0.15) is 25.3 Å². The topological polar surface area (TPSA) is 96.0 Å². The molecule has 0 bridgehead atoms. The SMILES string of the molecule is CCOC(=O)N1CCC(N(CC(=O)NCc2ccccc2)S(C)(=O)=O)CC1. The third kappa shape index (κ3) is 6.51. The highest BCUT2D eigenvalue weighted by Gasteiger charge is 2.33. The molecule has 1 aliphatic heterocycles. The number of ether oxygens (including phenoxy) is 1. The predicted molar refractivity (Wildman–Crippen MR) is 101 cm³/mol. The number of hydrogen-bond acceptors (Lipinski definition) is 5. The summed E-state index contributed by atoms with van der Waals surface area (Å²) in [5.41, 5.74) is 0.944. The lowest BCUT2D eigenvalue weighted by molar-refractivity contribution is -0.121. The van der Waals surface area contributed by atoms with Crippen molar-refractivity contribution in [1.29, 1.82) is 0 Å². The highest BCUT2D eigenvalue weighted by Crippen LogP contribution is 2.19. The second kappa shape index (κ2) is 9.70. The summed E-state index contributed by atoms with van der Waals surface area (Å²) in [6.45, 7) is 2.97. The van der Waals surface area contributed by atoms with Crippen LogP contribution in [0.4, 0.5) is 4.79 Å². The molecule has 8 nitrogen and oxygen atoms in total. The number of rotatable bonds is 7. The van der Waals surface area contributed by atoms with Gasteiger partial charge in [-0.1, -0.05) is 30.3 Å². The van der Waals surface area contributed by atoms with Crippen molar-refractivity contribution in [3.05, 3.63) is 35.9 Å². The van der Waals surface area contributed by atoms with Gasteiger partial charge in [-0.3, -0.25) is 4.79 Å². The molecule has 0 spiro atoms. The number of likely N-dealkylation sites (tertiary alicyclic amines) is 1. The number of hydrogen-bond donors (Lipinski definition) is 1. The quantitative estimate of drug-likeness (QED) is 0.745. The Kier molecular flexibility index (Phi) is 7.61. The van der Waals surface area contributed by atoms with Crippen LogP contribution in [0.3, 0.4) is 0 Å². The molecular formula is C18H27N3O5S. The molecule has 1 N–H and O–H groups in total. The molecule has 1 heterocycles. The minimum absolute atomic E-state index is 0.226. The smallest absolute Gasteiger partial charge is 0.409 e. The Morgan fingerprint density at radius 1 is 1.22 bits per heavy atom. The van der Waals surface area contributed by atoms with E-state index in [0.29, 0.717) is 39.1 Å². The minimum Gasteiger partial charge on any atom is -0.450 e. The average Bonchev–Trinajstić information content (AvgIpc) is 2.65. The van der Waals surface area contributed by atoms with Gasteiger partial charge in [0.1, 0.15) is 0 Å². The Balaban J connectivity index is 1.92. The van der Waals surface area contributed by atoms with Crippen LogP contribution in [0.15, 0.2) is 30.3 Å². The first-order chi connectivity index (χ1) is 12.8. The lowest BCUT2D eigenvalue weighted by Gasteiger charge is -2.36. The summed E-state index contributed by atoms with van der Waals surface area (Å²) in [5, 5.41) is 2.75. The van der Waals surface area contributed by atoms with Crippen molar-refractivity contribution in [2.24, 2.45) is 0 Å². The maximum absolute atomic E-state index is 12.3. The van der Waals surface area contributed by atoms with Crippen molar-refractivity contribution < 1.29 is 22.7 Å². The number of sulfonamides is 1. The van der Waals surface area contributed by atoms with Gasteiger partial charge in [0, 0.05) is 25.7 Å². The standard InChI is InChI=1S/C18H27N3O5S/c1-3-26-18(23)20-11-9-16(10-12-20)21(27(2,24)25)14-17(22)19-13-15-7-5-4-6-8-15/h4-8,16H,3,9-14H2,1-2H3,(H,19,22). The van der Waals surface area contributed by atoms with Crippen LogP contribution in [0.2, 0.25) is 0 Å².